The summed E-state index contributed by atoms with van der Waals surface area (Å²) in [5.74, 6) is 0.843. The fourth-order valence-electron chi connectivity index (χ4n) is 2.40. The van der Waals surface area contributed by atoms with Gasteiger partial charge in [0.1, 0.15) is 0 Å². The monoisotopic (exact) mass is 257 g/mol. The zero-order valence-corrected chi connectivity index (χ0v) is 11.9. The van der Waals surface area contributed by atoms with E-state index in [1.165, 1.54) is 12.8 Å². The molecule has 1 aliphatic rings. The number of carbonyl (C=O) groups is 1. The average molecular weight is 257 g/mol. The molecule has 1 unspecified atom stereocenters. The van der Waals surface area contributed by atoms with E-state index >= 15 is 0 Å². The van der Waals surface area contributed by atoms with Gasteiger partial charge in [0.2, 0.25) is 5.91 Å². The van der Waals surface area contributed by atoms with Crippen molar-refractivity contribution < 1.29 is 9.53 Å². The average Bonchev–Trinajstić information content (AvgIpc) is 2.39. The standard InChI is InChI=1S/C13H27N3O2/c1-11(14-2)12-4-7-16(8-5-12)10-13(17)15-6-9-18-3/h11-12,14H,4-10H2,1-3H3,(H,15,17). The van der Waals surface area contributed by atoms with Gasteiger partial charge in [0, 0.05) is 19.7 Å². The van der Waals surface area contributed by atoms with E-state index in [4.69, 9.17) is 4.74 Å². The van der Waals surface area contributed by atoms with Crippen LogP contribution in [0.3, 0.4) is 0 Å². The van der Waals surface area contributed by atoms with Gasteiger partial charge in [0.25, 0.3) is 0 Å². The molecular formula is C13H27N3O2. The molecule has 0 bridgehead atoms. The molecule has 0 aliphatic carbocycles. The second-order valence-electron chi connectivity index (χ2n) is 5.03. The Labute approximate surface area is 110 Å². The predicted octanol–water partition coefficient (Wildman–Crippen LogP) is 0.0689. The maximum atomic E-state index is 11.6. The summed E-state index contributed by atoms with van der Waals surface area (Å²) in [6, 6.07) is 0.572. The number of nitrogens with one attached hydrogen (secondary N) is 2. The van der Waals surface area contributed by atoms with Crippen molar-refractivity contribution in [3.8, 4) is 0 Å². The number of carbonyl (C=O) groups excluding carboxylic acids is 1. The van der Waals surface area contributed by atoms with Gasteiger partial charge in [0.05, 0.1) is 13.2 Å². The maximum Gasteiger partial charge on any atom is 0.234 e. The third kappa shape index (κ3) is 5.33. The van der Waals surface area contributed by atoms with Gasteiger partial charge in [-0.3, -0.25) is 9.69 Å². The van der Waals surface area contributed by atoms with Crippen molar-refractivity contribution in [1.82, 2.24) is 15.5 Å². The largest absolute Gasteiger partial charge is 0.383 e. The molecule has 0 aromatic carbocycles. The Morgan fingerprint density at radius 2 is 2.11 bits per heavy atom. The van der Waals surface area contributed by atoms with E-state index in [0.717, 1.165) is 19.0 Å². The third-order valence-corrected chi connectivity index (χ3v) is 3.79. The van der Waals surface area contributed by atoms with E-state index < -0.39 is 0 Å². The molecule has 2 N–H and O–H groups in total. The predicted molar refractivity (Wildman–Crippen MR) is 72.6 cm³/mol. The first-order chi connectivity index (χ1) is 8.67. The number of nitrogens with zero attached hydrogens (tertiary/aromatic N) is 1. The van der Waals surface area contributed by atoms with Gasteiger partial charge >= 0.3 is 0 Å². The molecule has 1 fully saturated rings. The summed E-state index contributed by atoms with van der Waals surface area (Å²) in [7, 11) is 3.65. The molecular weight excluding hydrogens is 230 g/mol. The van der Waals surface area contributed by atoms with Crippen molar-refractivity contribution >= 4 is 5.91 Å². The summed E-state index contributed by atoms with van der Waals surface area (Å²) in [5.41, 5.74) is 0. The first-order valence-electron chi connectivity index (χ1n) is 6.82. The first-order valence-corrected chi connectivity index (χ1v) is 6.82. The Balaban J connectivity index is 2.17. The molecule has 0 aromatic rings. The van der Waals surface area contributed by atoms with Gasteiger partial charge in [0.15, 0.2) is 0 Å². The highest BCUT2D eigenvalue weighted by atomic mass is 16.5. The van der Waals surface area contributed by atoms with Crippen molar-refractivity contribution in [2.75, 3.05) is 46.9 Å². The van der Waals surface area contributed by atoms with E-state index in [1.807, 2.05) is 7.05 Å². The van der Waals surface area contributed by atoms with Crippen LogP contribution in [0.15, 0.2) is 0 Å². The van der Waals surface area contributed by atoms with E-state index in [9.17, 15) is 4.79 Å². The number of methoxy groups -OCH3 is 1. The quantitative estimate of drug-likeness (QED) is 0.634. The summed E-state index contributed by atoms with van der Waals surface area (Å²) in [6.07, 6.45) is 2.35. The summed E-state index contributed by atoms with van der Waals surface area (Å²) < 4.78 is 4.90. The molecule has 0 radical (unpaired) electrons. The summed E-state index contributed by atoms with van der Waals surface area (Å²) in [5, 5.41) is 6.17. The van der Waals surface area contributed by atoms with Crippen LogP contribution in [-0.4, -0.2) is 63.8 Å². The molecule has 0 aromatic heterocycles. The van der Waals surface area contributed by atoms with E-state index in [-0.39, 0.29) is 5.91 Å². The molecule has 1 heterocycles. The lowest BCUT2D eigenvalue weighted by Gasteiger charge is -2.34. The van der Waals surface area contributed by atoms with Gasteiger partial charge < -0.3 is 15.4 Å². The minimum Gasteiger partial charge on any atom is -0.383 e. The lowest BCUT2D eigenvalue weighted by molar-refractivity contribution is -0.122. The molecule has 1 rings (SSSR count). The molecule has 18 heavy (non-hydrogen) atoms. The Hall–Kier alpha value is -0.650. The molecule has 1 atom stereocenters. The Kier molecular flexibility index (Phi) is 7.23. The number of ether oxygens (including phenoxy) is 1. The van der Waals surface area contributed by atoms with Crippen LogP contribution >= 0.6 is 0 Å². The van der Waals surface area contributed by atoms with Crippen LogP contribution in [0.25, 0.3) is 0 Å². The number of rotatable bonds is 7. The number of piperidine rings is 1. The second-order valence-corrected chi connectivity index (χ2v) is 5.03. The van der Waals surface area contributed by atoms with Crippen LogP contribution in [0, 0.1) is 5.92 Å². The molecule has 0 spiro atoms. The highest BCUT2D eigenvalue weighted by molar-refractivity contribution is 5.77. The number of amides is 1. The lowest BCUT2D eigenvalue weighted by atomic mass is 9.90. The van der Waals surface area contributed by atoms with Crippen LogP contribution < -0.4 is 10.6 Å². The van der Waals surface area contributed by atoms with Crippen molar-refractivity contribution in [3.05, 3.63) is 0 Å². The minimum atomic E-state index is 0.104. The SMILES string of the molecule is CNC(C)C1CCN(CC(=O)NCCOC)CC1. The minimum absolute atomic E-state index is 0.104. The van der Waals surface area contributed by atoms with Crippen molar-refractivity contribution in [1.29, 1.82) is 0 Å². The number of likely N-dealkylation sites (tertiary alicyclic amines) is 1. The maximum absolute atomic E-state index is 11.6. The van der Waals surface area contributed by atoms with Gasteiger partial charge in [-0.1, -0.05) is 0 Å². The van der Waals surface area contributed by atoms with Crippen molar-refractivity contribution in [2.24, 2.45) is 5.92 Å². The summed E-state index contributed by atoms with van der Waals surface area (Å²) >= 11 is 0. The fourth-order valence-corrected chi connectivity index (χ4v) is 2.40. The summed E-state index contributed by atoms with van der Waals surface area (Å²) in [4.78, 5) is 13.9. The number of hydrogen-bond acceptors (Lipinski definition) is 4. The topological polar surface area (TPSA) is 53.6 Å². The summed E-state index contributed by atoms with van der Waals surface area (Å²) in [6.45, 7) is 5.97. The lowest BCUT2D eigenvalue weighted by Crippen LogP contribution is -2.45. The van der Waals surface area contributed by atoms with Gasteiger partial charge in [-0.2, -0.15) is 0 Å². The van der Waals surface area contributed by atoms with Crippen LogP contribution in [-0.2, 0) is 9.53 Å². The molecule has 5 heteroatoms. The molecule has 106 valence electrons. The Bertz CT molecular complexity index is 240. The second kappa shape index (κ2) is 8.45. The molecule has 1 saturated heterocycles. The van der Waals surface area contributed by atoms with Crippen LogP contribution in [0.2, 0.25) is 0 Å². The van der Waals surface area contributed by atoms with Crippen LogP contribution in [0.4, 0.5) is 0 Å². The molecule has 1 aliphatic heterocycles. The third-order valence-electron chi connectivity index (χ3n) is 3.79. The fraction of sp³-hybridized carbons (Fsp3) is 0.923. The zero-order valence-electron chi connectivity index (χ0n) is 11.9. The Morgan fingerprint density at radius 1 is 1.44 bits per heavy atom. The van der Waals surface area contributed by atoms with Gasteiger partial charge in [-0.25, -0.2) is 0 Å². The first kappa shape index (κ1) is 15.4. The van der Waals surface area contributed by atoms with Crippen molar-refractivity contribution in [2.45, 2.75) is 25.8 Å². The van der Waals surface area contributed by atoms with Crippen molar-refractivity contribution in [3.63, 3.8) is 0 Å². The molecule has 1 amide bonds. The Morgan fingerprint density at radius 3 is 2.67 bits per heavy atom. The van der Waals surface area contributed by atoms with Crippen LogP contribution in [0.1, 0.15) is 19.8 Å². The zero-order chi connectivity index (χ0) is 13.4. The van der Waals surface area contributed by atoms with E-state index in [2.05, 4.69) is 22.5 Å². The highest BCUT2D eigenvalue weighted by Crippen LogP contribution is 2.19. The van der Waals surface area contributed by atoms with Crippen LogP contribution in [0.5, 0.6) is 0 Å². The van der Waals surface area contributed by atoms with E-state index in [1.54, 1.807) is 7.11 Å². The highest BCUT2D eigenvalue weighted by Gasteiger charge is 2.23. The molecule has 0 saturated carbocycles. The number of hydrogen-bond donors (Lipinski definition) is 2. The van der Waals surface area contributed by atoms with E-state index in [0.29, 0.717) is 25.7 Å². The normalized spacial score (nSPS) is 19.7. The van der Waals surface area contributed by atoms with Gasteiger partial charge in [-0.05, 0) is 45.8 Å². The smallest absolute Gasteiger partial charge is 0.234 e. The molecule has 5 nitrogen and oxygen atoms in total. The van der Waals surface area contributed by atoms with Gasteiger partial charge in [-0.15, -0.1) is 0 Å².